The number of methoxy groups -OCH3 is 1. The first-order valence-corrected chi connectivity index (χ1v) is 11.4. The molecule has 1 fully saturated rings. The summed E-state index contributed by atoms with van der Waals surface area (Å²) in [6, 6.07) is 6.50. The second kappa shape index (κ2) is 10.1. The lowest BCUT2D eigenvalue weighted by Crippen LogP contribution is -2.32. The highest BCUT2D eigenvalue weighted by atomic mass is 19.1. The number of aromatic nitrogens is 3. The highest BCUT2D eigenvalue weighted by Gasteiger charge is 2.33. The highest BCUT2D eigenvalue weighted by Crippen LogP contribution is 2.37. The number of hydrogen-bond acceptors (Lipinski definition) is 5. The minimum atomic E-state index is -0.462. The molecule has 7 heteroatoms. The number of nitrogens with zero attached hydrogens (tertiary/aromatic N) is 4. The number of hydrogen-bond donors (Lipinski definition) is 0. The maximum atomic E-state index is 14.1. The molecule has 0 unspecified atom stereocenters. The Morgan fingerprint density at radius 2 is 2.09 bits per heavy atom. The normalized spacial score (nSPS) is 15.6. The first-order chi connectivity index (χ1) is 16.0. The third kappa shape index (κ3) is 4.87. The monoisotopic (exact) mass is 448 g/mol. The molecule has 6 nitrogen and oxygen atoms in total. The lowest BCUT2D eigenvalue weighted by Gasteiger charge is -2.27. The zero-order valence-corrected chi connectivity index (χ0v) is 19.3. The number of halogens is 1. The third-order valence-corrected chi connectivity index (χ3v) is 6.11. The molecule has 172 valence electrons. The minimum Gasteiger partial charge on any atom is -0.494 e. The molecular weight excluding hydrogens is 419 g/mol. The van der Waals surface area contributed by atoms with Gasteiger partial charge in [0, 0.05) is 37.1 Å². The molecular formula is C26H29FN4O2. The lowest BCUT2D eigenvalue weighted by molar-refractivity contribution is -0.131. The molecule has 3 heterocycles. The number of benzene rings is 1. The van der Waals surface area contributed by atoms with Crippen LogP contribution in [0.15, 0.2) is 42.9 Å². The number of carbonyl (C=O) groups is 1. The molecule has 1 aromatic carbocycles. The van der Waals surface area contributed by atoms with E-state index in [0.717, 1.165) is 53.9 Å². The predicted molar refractivity (Wildman–Crippen MR) is 124 cm³/mol. The highest BCUT2D eigenvalue weighted by molar-refractivity contribution is 5.80. The molecule has 2 aromatic heterocycles. The molecule has 3 aromatic rings. The van der Waals surface area contributed by atoms with Gasteiger partial charge in [0.25, 0.3) is 0 Å². The Balaban J connectivity index is 1.67. The van der Waals surface area contributed by atoms with Crippen LogP contribution in [0.4, 0.5) is 4.39 Å². The van der Waals surface area contributed by atoms with E-state index in [1.807, 2.05) is 30.3 Å². The predicted octanol–water partition coefficient (Wildman–Crippen LogP) is 4.85. The van der Waals surface area contributed by atoms with Crippen molar-refractivity contribution in [3.05, 3.63) is 71.3 Å². The molecule has 4 rings (SSSR count). The standard InChI is InChI=1S/C26H29FN4O2/c1-4-6-24-29-16-20(19-10-11-28-15-17(19)2)26(30-24)22-7-5-12-31(22)25(32)14-18-8-9-23(33-3)21(27)13-18/h8-11,13,15-16,22H,4-7,12,14H2,1-3H3/t22-/m1/s1. The van der Waals surface area contributed by atoms with E-state index in [4.69, 9.17) is 9.72 Å². The van der Waals surface area contributed by atoms with Crippen molar-refractivity contribution >= 4 is 5.91 Å². The Morgan fingerprint density at radius 1 is 1.24 bits per heavy atom. The summed E-state index contributed by atoms with van der Waals surface area (Å²) in [6.07, 6.45) is 9.08. The number of amides is 1. The first-order valence-electron chi connectivity index (χ1n) is 11.4. The SMILES string of the molecule is CCCc1ncc(-c2ccncc2C)c([C@H]2CCCN2C(=O)Cc2ccc(OC)c(F)c2)n1. The zero-order chi connectivity index (χ0) is 23.4. The topological polar surface area (TPSA) is 68.2 Å². The Labute approximate surface area is 193 Å². The summed E-state index contributed by atoms with van der Waals surface area (Å²) in [5, 5.41) is 0. The summed E-state index contributed by atoms with van der Waals surface area (Å²) in [5.74, 6) is 0.470. The number of ether oxygens (including phenoxy) is 1. The van der Waals surface area contributed by atoms with Crippen molar-refractivity contribution in [3.63, 3.8) is 0 Å². The summed E-state index contributed by atoms with van der Waals surface area (Å²) in [7, 11) is 1.43. The van der Waals surface area contributed by atoms with Crippen LogP contribution in [0.5, 0.6) is 5.75 Å². The van der Waals surface area contributed by atoms with Crippen molar-refractivity contribution in [2.75, 3.05) is 13.7 Å². The average Bonchev–Trinajstić information content (AvgIpc) is 3.30. The van der Waals surface area contributed by atoms with E-state index in [-0.39, 0.29) is 24.1 Å². The average molecular weight is 449 g/mol. The second-order valence-corrected chi connectivity index (χ2v) is 8.42. The Kier molecular flexibility index (Phi) is 6.96. The van der Waals surface area contributed by atoms with Crippen LogP contribution < -0.4 is 4.74 Å². The summed E-state index contributed by atoms with van der Waals surface area (Å²) < 4.78 is 19.1. The molecule has 0 spiro atoms. The van der Waals surface area contributed by atoms with Crippen LogP contribution in [0.25, 0.3) is 11.1 Å². The van der Waals surface area contributed by atoms with E-state index in [2.05, 4.69) is 16.9 Å². The number of pyridine rings is 1. The van der Waals surface area contributed by atoms with Gasteiger partial charge < -0.3 is 9.64 Å². The van der Waals surface area contributed by atoms with Gasteiger partial charge in [-0.2, -0.15) is 0 Å². The maximum absolute atomic E-state index is 14.1. The lowest BCUT2D eigenvalue weighted by atomic mass is 9.97. The van der Waals surface area contributed by atoms with Gasteiger partial charge in [-0.3, -0.25) is 9.78 Å². The van der Waals surface area contributed by atoms with Crippen molar-refractivity contribution in [1.29, 1.82) is 0 Å². The zero-order valence-electron chi connectivity index (χ0n) is 19.3. The molecule has 0 saturated carbocycles. The van der Waals surface area contributed by atoms with Crippen molar-refractivity contribution < 1.29 is 13.9 Å². The van der Waals surface area contributed by atoms with Gasteiger partial charge in [-0.1, -0.05) is 13.0 Å². The Morgan fingerprint density at radius 3 is 2.82 bits per heavy atom. The molecule has 1 amide bonds. The fourth-order valence-corrected chi connectivity index (χ4v) is 4.46. The van der Waals surface area contributed by atoms with Crippen LogP contribution in [0.2, 0.25) is 0 Å². The number of aryl methyl sites for hydroxylation is 2. The van der Waals surface area contributed by atoms with Gasteiger partial charge in [-0.25, -0.2) is 14.4 Å². The fraction of sp³-hybridized carbons (Fsp3) is 0.385. The first kappa shape index (κ1) is 22.8. The quantitative estimate of drug-likeness (QED) is 0.517. The van der Waals surface area contributed by atoms with Gasteiger partial charge >= 0.3 is 0 Å². The van der Waals surface area contributed by atoms with Gasteiger partial charge in [-0.05, 0) is 61.1 Å². The van der Waals surface area contributed by atoms with Gasteiger partial charge in [0.15, 0.2) is 11.6 Å². The van der Waals surface area contributed by atoms with Crippen LogP contribution in [-0.2, 0) is 17.6 Å². The van der Waals surface area contributed by atoms with Crippen LogP contribution in [0, 0.1) is 12.7 Å². The van der Waals surface area contributed by atoms with Crippen molar-refractivity contribution in [2.45, 2.75) is 52.0 Å². The Bertz CT molecular complexity index is 1150. The van der Waals surface area contributed by atoms with Gasteiger partial charge in [0.2, 0.25) is 5.91 Å². The molecule has 0 aliphatic carbocycles. The largest absolute Gasteiger partial charge is 0.494 e. The summed E-state index contributed by atoms with van der Waals surface area (Å²) in [4.78, 5) is 28.9. The van der Waals surface area contributed by atoms with Gasteiger partial charge in [-0.15, -0.1) is 0 Å². The van der Waals surface area contributed by atoms with Crippen molar-refractivity contribution in [1.82, 2.24) is 19.9 Å². The van der Waals surface area contributed by atoms with E-state index in [1.165, 1.54) is 13.2 Å². The summed E-state index contributed by atoms with van der Waals surface area (Å²) in [6.45, 7) is 4.77. The second-order valence-electron chi connectivity index (χ2n) is 8.42. The number of rotatable bonds is 7. The Hall–Kier alpha value is -3.35. The third-order valence-electron chi connectivity index (χ3n) is 6.11. The number of carbonyl (C=O) groups excluding carboxylic acids is 1. The smallest absolute Gasteiger partial charge is 0.227 e. The van der Waals surface area contributed by atoms with E-state index in [1.54, 1.807) is 18.3 Å². The van der Waals surface area contributed by atoms with Crippen LogP contribution in [0.3, 0.4) is 0 Å². The van der Waals surface area contributed by atoms with Gasteiger partial charge in [0.1, 0.15) is 5.82 Å². The molecule has 1 saturated heterocycles. The van der Waals surface area contributed by atoms with Crippen LogP contribution >= 0.6 is 0 Å². The van der Waals surface area contributed by atoms with E-state index >= 15 is 0 Å². The maximum Gasteiger partial charge on any atom is 0.227 e. The molecule has 1 atom stereocenters. The minimum absolute atomic E-state index is 0.0323. The van der Waals surface area contributed by atoms with Crippen LogP contribution in [0.1, 0.15) is 54.9 Å². The number of likely N-dealkylation sites (tertiary alicyclic amines) is 1. The summed E-state index contributed by atoms with van der Waals surface area (Å²) in [5.41, 5.74) is 4.52. The van der Waals surface area contributed by atoms with Crippen molar-refractivity contribution in [2.24, 2.45) is 0 Å². The molecule has 0 radical (unpaired) electrons. The molecule has 0 N–H and O–H groups in total. The summed E-state index contributed by atoms with van der Waals surface area (Å²) >= 11 is 0. The molecule has 1 aliphatic heterocycles. The molecule has 0 bridgehead atoms. The molecule has 1 aliphatic rings. The fourth-order valence-electron chi connectivity index (χ4n) is 4.46. The van der Waals surface area contributed by atoms with Crippen LogP contribution in [-0.4, -0.2) is 39.4 Å². The van der Waals surface area contributed by atoms with E-state index in [9.17, 15) is 9.18 Å². The van der Waals surface area contributed by atoms with Gasteiger partial charge in [0.05, 0.1) is 25.3 Å². The van der Waals surface area contributed by atoms with E-state index < -0.39 is 5.82 Å². The van der Waals surface area contributed by atoms with Crippen molar-refractivity contribution in [3.8, 4) is 16.9 Å². The molecule has 33 heavy (non-hydrogen) atoms. The van der Waals surface area contributed by atoms with E-state index in [0.29, 0.717) is 12.1 Å².